The van der Waals surface area contributed by atoms with Gasteiger partial charge in [0.15, 0.2) is 0 Å². The molecule has 0 spiro atoms. The van der Waals surface area contributed by atoms with Gasteiger partial charge >= 0.3 is 0 Å². The average molecular weight is 165 g/mol. The summed E-state index contributed by atoms with van der Waals surface area (Å²) < 4.78 is 0. The summed E-state index contributed by atoms with van der Waals surface area (Å²) in [5.74, 6) is 0.670. The van der Waals surface area contributed by atoms with Crippen LogP contribution in [0, 0.1) is 12.8 Å². The topological polar surface area (TPSA) is 0 Å². The molecular formula is C12H21. The van der Waals surface area contributed by atoms with Gasteiger partial charge in [0.05, 0.1) is 0 Å². The zero-order valence-electron chi connectivity index (χ0n) is 8.64. The molecule has 0 aromatic rings. The van der Waals surface area contributed by atoms with Crippen LogP contribution in [0.2, 0.25) is 0 Å². The summed E-state index contributed by atoms with van der Waals surface area (Å²) in [6, 6.07) is 0. The van der Waals surface area contributed by atoms with Crippen molar-refractivity contribution in [1.29, 1.82) is 0 Å². The number of rotatable bonds is 5. The molecule has 69 valence electrons. The SMILES string of the molecule is [CH2]C=CC(C)CCC=C(C)CC. The highest BCUT2D eigenvalue weighted by Gasteiger charge is 1.93. The standard InChI is InChI=1S/C12H21/c1-5-8-12(4)10-7-9-11(3)6-2/h5,8-9,12H,1,6-7,10H2,2-4H3. The second-order valence-electron chi connectivity index (χ2n) is 3.39. The van der Waals surface area contributed by atoms with Crippen molar-refractivity contribution in [3.63, 3.8) is 0 Å². The summed E-state index contributed by atoms with van der Waals surface area (Å²) in [6.07, 6.45) is 10.0. The van der Waals surface area contributed by atoms with E-state index < -0.39 is 0 Å². The molecule has 0 aliphatic carbocycles. The van der Waals surface area contributed by atoms with E-state index in [1.165, 1.54) is 24.8 Å². The van der Waals surface area contributed by atoms with Crippen molar-refractivity contribution in [3.8, 4) is 0 Å². The third-order valence-corrected chi connectivity index (χ3v) is 2.14. The quantitative estimate of drug-likeness (QED) is 0.537. The van der Waals surface area contributed by atoms with E-state index in [1.54, 1.807) is 0 Å². The van der Waals surface area contributed by atoms with Crippen molar-refractivity contribution in [1.82, 2.24) is 0 Å². The monoisotopic (exact) mass is 165 g/mol. The zero-order chi connectivity index (χ0) is 9.40. The first-order chi connectivity index (χ1) is 5.70. The largest absolute Gasteiger partial charge is 0.0880 e. The molecule has 0 aromatic heterocycles. The van der Waals surface area contributed by atoms with E-state index in [-0.39, 0.29) is 0 Å². The van der Waals surface area contributed by atoms with E-state index in [9.17, 15) is 0 Å². The lowest BCUT2D eigenvalue weighted by Gasteiger charge is -2.02. The molecule has 12 heavy (non-hydrogen) atoms. The first kappa shape index (κ1) is 11.5. The van der Waals surface area contributed by atoms with Gasteiger partial charge in [-0.3, -0.25) is 0 Å². The fourth-order valence-electron chi connectivity index (χ4n) is 1.07. The summed E-state index contributed by atoms with van der Waals surface area (Å²) in [7, 11) is 0. The first-order valence-corrected chi connectivity index (χ1v) is 4.82. The molecular weight excluding hydrogens is 144 g/mol. The Morgan fingerprint density at radius 2 is 2.17 bits per heavy atom. The second kappa shape index (κ2) is 7.15. The van der Waals surface area contributed by atoms with Crippen LogP contribution in [0.1, 0.15) is 40.0 Å². The minimum atomic E-state index is 0.670. The molecule has 0 aromatic carbocycles. The van der Waals surface area contributed by atoms with Crippen LogP contribution in [0.5, 0.6) is 0 Å². The van der Waals surface area contributed by atoms with Crippen LogP contribution in [0.25, 0.3) is 0 Å². The van der Waals surface area contributed by atoms with Crippen molar-refractivity contribution >= 4 is 0 Å². The number of allylic oxidation sites excluding steroid dienone is 4. The summed E-state index contributed by atoms with van der Waals surface area (Å²) in [5, 5.41) is 0. The van der Waals surface area contributed by atoms with Crippen LogP contribution >= 0.6 is 0 Å². The Bertz CT molecular complexity index is 151. The molecule has 0 heteroatoms. The van der Waals surface area contributed by atoms with E-state index in [4.69, 9.17) is 0 Å². The van der Waals surface area contributed by atoms with Crippen LogP contribution in [-0.4, -0.2) is 0 Å². The molecule has 0 N–H and O–H groups in total. The summed E-state index contributed by atoms with van der Waals surface area (Å²) in [4.78, 5) is 0. The van der Waals surface area contributed by atoms with Gasteiger partial charge in [-0.2, -0.15) is 0 Å². The fourth-order valence-corrected chi connectivity index (χ4v) is 1.07. The lowest BCUT2D eigenvalue weighted by atomic mass is 10.0. The van der Waals surface area contributed by atoms with Gasteiger partial charge in [-0.1, -0.05) is 37.6 Å². The highest BCUT2D eigenvalue weighted by Crippen LogP contribution is 2.09. The Morgan fingerprint density at radius 1 is 1.50 bits per heavy atom. The highest BCUT2D eigenvalue weighted by molar-refractivity contribution is 4.97. The molecule has 0 saturated heterocycles. The Balaban J connectivity index is 3.55. The van der Waals surface area contributed by atoms with E-state index >= 15 is 0 Å². The van der Waals surface area contributed by atoms with Gasteiger partial charge < -0.3 is 0 Å². The molecule has 0 saturated carbocycles. The molecule has 0 bridgehead atoms. The van der Waals surface area contributed by atoms with E-state index in [2.05, 4.69) is 39.8 Å². The van der Waals surface area contributed by atoms with Crippen molar-refractivity contribution in [2.45, 2.75) is 40.0 Å². The fraction of sp³-hybridized carbons (Fsp3) is 0.583. The summed E-state index contributed by atoms with van der Waals surface area (Å²) in [5.41, 5.74) is 1.50. The smallest absolute Gasteiger partial charge is 0.0259 e. The lowest BCUT2D eigenvalue weighted by Crippen LogP contribution is -1.87. The maximum atomic E-state index is 3.69. The third-order valence-electron chi connectivity index (χ3n) is 2.14. The minimum Gasteiger partial charge on any atom is -0.0880 e. The second-order valence-corrected chi connectivity index (χ2v) is 3.39. The normalized spacial score (nSPS) is 15.5. The summed E-state index contributed by atoms with van der Waals surface area (Å²) >= 11 is 0. The number of hydrogen-bond donors (Lipinski definition) is 0. The predicted molar refractivity (Wildman–Crippen MR) is 56.9 cm³/mol. The average Bonchev–Trinajstić information content (AvgIpc) is 2.04. The zero-order valence-corrected chi connectivity index (χ0v) is 8.64. The van der Waals surface area contributed by atoms with Gasteiger partial charge in [-0.15, -0.1) is 0 Å². The van der Waals surface area contributed by atoms with Crippen molar-refractivity contribution in [3.05, 3.63) is 30.7 Å². The van der Waals surface area contributed by atoms with Gasteiger partial charge in [0, 0.05) is 0 Å². The summed E-state index contributed by atoms with van der Waals surface area (Å²) in [6.45, 7) is 10.3. The minimum absolute atomic E-state index is 0.670. The van der Waals surface area contributed by atoms with Crippen LogP contribution in [0.4, 0.5) is 0 Å². The molecule has 0 heterocycles. The maximum absolute atomic E-state index is 3.69. The Labute approximate surface area is 77.4 Å². The lowest BCUT2D eigenvalue weighted by molar-refractivity contribution is 0.655. The predicted octanol–water partition coefficient (Wildman–Crippen LogP) is 4.15. The van der Waals surface area contributed by atoms with Gasteiger partial charge in [0.1, 0.15) is 0 Å². The molecule has 0 aliphatic heterocycles. The van der Waals surface area contributed by atoms with E-state index in [1.807, 2.05) is 6.08 Å². The molecule has 1 unspecified atom stereocenters. The Hall–Kier alpha value is -0.520. The van der Waals surface area contributed by atoms with Gasteiger partial charge in [-0.05, 0) is 39.0 Å². The Morgan fingerprint density at radius 3 is 2.67 bits per heavy atom. The molecule has 0 fully saturated rings. The van der Waals surface area contributed by atoms with Crippen LogP contribution in [-0.2, 0) is 0 Å². The van der Waals surface area contributed by atoms with Crippen molar-refractivity contribution in [2.24, 2.45) is 5.92 Å². The van der Waals surface area contributed by atoms with Crippen LogP contribution in [0.3, 0.4) is 0 Å². The number of hydrogen-bond acceptors (Lipinski definition) is 0. The highest BCUT2D eigenvalue weighted by atomic mass is 14.0. The molecule has 0 aliphatic rings. The maximum Gasteiger partial charge on any atom is -0.0259 e. The molecule has 1 atom stereocenters. The van der Waals surface area contributed by atoms with E-state index in [0.29, 0.717) is 5.92 Å². The van der Waals surface area contributed by atoms with Gasteiger partial charge in [0.2, 0.25) is 0 Å². The molecule has 1 radical (unpaired) electrons. The van der Waals surface area contributed by atoms with Crippen LogP contribution in [0.15, 0.2) is 23.8 Å². The van der Waals surface area contributed by atoms with Gasteiger partial charge in [0.25, 0.3) is 0 Å². The van der Waals surface area contributed by atoms with Gasteiger partial charge in [-0.25, -0.2) is 0 Å². The van der Waals surface area contributed by atoms with Crippen molar-refractivity contribution in [2.75, 3.05) is 0 Å². The third kappa shape index (κ3) is 6.21. The first-order valence-electron chi connectivity index (χ1n) is 4.82. The molecule has 0 amide bonds. The van der Waals surface area contributed by atoms with Crippen molar-refractivity contribution < 1.29 is 0 Å². The molecule has 0 rings (SSSR count). The Kier molecular flexibility index (Phi) is 6.84. The van der Waals surface area contributed by atoms with E-state index in [0.717, 1.165) is 0 Å². The van der Waals surface area contributed by atoms with Crippen LogP contribution < -0.4 is 0 Å². The molecule has 0 nitrogen and oxygen atoms in total.